The van der Waals surface area contributed by atoms with Crippen LogP contribution in [0.15, 0.2) is 30.5 Å². The first-order valence-electron chi connectivity index (χ1n) is 14.2. The van der Waals surface area contributed by atoms with Crippen LogP contribution >= 0.6 is 0 Å². The predicted molar refractivity (Wildman–Crippen MR) is 160 cm³/mol. The maximum absolute atomic E-state index is 12.7. The van der Waals surface area contributed by atoms with Gasteiger partial charge in [-0.05, 0) is 65.0 Å². The topological polar surface area (TPSA) is 122 Å². The molecule has 10 nitrogen and oxygen atoms in total. The zero-order valence-electron chi connectivity index (χ0n) is 26.1. The minimum absolute atomic E-state index is 0.00472. The van der Waals surface area contributed by atoms with Crippen molar-refractivity contribution in [3.05, 3.63) is 64.1 Å². The van der Waals surface area contributed by atoms with E-state index in [1.165, 1.54) is 13.1 Å². The molecule has 3 rings (SSSR count). The van der Waals surface area contributed by atoms with Gasteiger partial charge in [0.2, 0.25) is 11.8 Å². The van der Waals surface area contributed by atoms with E-state index in [4.69, 9.17) is 19.2 Å². The number of carbonyl (C=O) groups excluding carboxylic acids is 3. The summed E-state index contributed by atoms with van der Waals surface area (Å²) in [5.41, 5.74) is 5.53. The summed E-state index contributed by atoms with van der Waals surface area (Å²) < 4.78 is 17.8. The summed E-state index contributed by atoms with van der Waals surface area (Å²) in [5.74, 6) is -0.712. The number of rotatable bonds is 10. The summed E-state index contributed by atoms with van der Waals surface area (Å²) in [4.78, 5) is 42.3. The van der Waals surface area contributed by atoms with E-state index < -0.39 is 17.7 Å². The molecule has 0 radical (unpaired) electrons. The lowest BCUT2D eigenvalue weighted by Crippen LogP contribution is -2.32. The lowest BCUT2D eigenvalue weighted by molar-refractivity contribution is 0.0512. The molecule has 2 heterocycles. The van der Waals surface area contributed by atoms with Gasteiger partial charge in [0.25, 0.3) is 0 Å². The number of alkyl carbamates (subject to hydrolysis) is 1. The highest BCUT2D eigenvalue weighted by atomic mass is 16.6. The molecule has 0 unspecified atom stereocenters. The Hall–Kier alpha value is -4.21. The summed E-state index contributed by atoms with van der Waals surface area (Å²) in [6, 6.07) is 8.10. The highest BCUT2D eigenvalue weighted by Crippen LogP contribution is 2.34. The molecule has 2 aromatic heterocycles. The molecule has 1 amide bonds. The van der Waals surface area contributed by atoms with E-state index in [2.05, 4.69) is 24.3 Å². The van der Waals surface area contributed by atoms with Gasteiger partial charge >= 0.3 is 12.1 Å². The van der Waals surface area contributed by atoms with Gasteiger partial charge in [-0.25, -0.2) is 14.3 Å². The third-order valence-electron chi connectivity index (χ3n) is 6.29. The van der Waals surface area contributed by atoms with Crippen LogP contribution in [0.5, 0.6) is 5.88 Å². The van der Waals surface area contributed by atoms with Crippen molar-refractivity contribution < 1.29 is 28.6 Å². The summed E-state index contributed by atoms with van der Waals surface area (Å²) in [6.45, 7) is 17.0. The van der Waals surface area contributed by atoms with Gasteiger partial charge in [0.05, 0.1) is 12.8 Å². The third-order valence-corrected chi connectivity index (χ3v) is 6.29. The van der Waals surface area contributed by atoms with Crippen LogP contribution in [0.3, 0.4) is 0 Å². The molecule has 1 N–H and O–H groups in total. The Labute approximate surface area is 247 Å². The molecule has 0 aliphatic heterocycles. The third kappa shape index (κ3) is 8.41. The molecule has 42 heavy (non-hydrogen) atoms. The van der Waals surface area contributed by atoms with E-state index >= 15 is 0 Å². The summed E-state index contributed by atoms with van der Waals surface area (Å²) >= 11 is 0. The number of carbonyl (C=O) groups is 3. The minimum Gasteiger partial charge on any atom is -0.471 e. The molecule has 0 saturated carbocycles. The first-order valence-corrected chi connectivity index (χ1v) is 14.2. The molecule has 10 heteroatoms. The van der Waals surface area contributed by atoms with Crippen LogP contribution in [0, 0.1) is 19.8 Å². The standard InChI is InChI=1S/C32H42N4O6/c1-10-40-30(38)25-17-36(22(6)37)35-29(25)41-18-26-21(5)34-27(15-19(2)3)24(16-33-31(39)42-32(7,8)9)28(26)23-13-11-20(4)12-14-23/h11-14,17,19H,10,15-16,18H2,1-9H3,(H,33,39). The van der Waals surface area contributed by atoms with E-state index in [0.29, 0.717) is 12.3 Å². The highest BCUT2D eigenvalue weighted by Gasteiger charge is 2.25. The van der Waals surface area contributed by atoms with Crippen LogP contribution in [-0.2, 0) is 29.0 Å². The van der Waals surface area contributed by atoms with Crippen LogP contribution in [0.25, 0.3) is 11.1 Å². The van der Waals surface area contributed by atoms with Crippen LogP contribution < -0.4 is 10.1 Å². The minimum atomic E-state index is -0.644. The molecule has 0 spiro atoms. The molecular formula is C32H42N4O6. The van der Waals surface area contributed by atoms with Crippen molar-refractivity contribution in [3.63, 3.8) is 0 Å². The first-order chi connectivity index (χ1) is 19.7. The number of hydrogen-bond acceptors (Lipinski definition) is 8. The molecule has 0 fully saturated rings. The fourth-order valence-corrected chi connectivity index (χ4v) is 4.43. The van der Waals surface area contributed by atoms with Crippen molar-refractivity contribution in [2.45, 2.75) is 87.5 Å². The summed E-state index contributed by atoms with van der Waals surface area (Å²) in [5, 5.41) is 7.10. The van der Waals surface area contributed by atoms with Crippen molar-refractivity contribution in [1.82, 2.24) is 20.1 Å². The molecule has 1 aromatic carbocycles. The lowest BCUT2D eigenvalue weighted by Gasteiger charge is -2.23. The smallest absolute Gasteiger partial charge is 0.407 e. The Bertz CT molecular complexity index is 1430. The second kappa shape index (κ2) is 13.6. The number of nitrogens with zero attached hydrogens (tertiary/aromatic N) is 3. The molecular weight excluding hydrogens is 536 g/mol. The normalized spacial score (nSPS) is 11.4. The van der Waals surface area contributed by atoms with Gasteiger partial charge in [-0.3, -0.25) is 9.78 Å². The monoisotopic (exact) mass is 578 g/mol. The Kier molecular flexibility index (Phi) is 10.5. The van der Waals surface area contributed by atoms with Gasteiger partial charge < -0.3 is 19.5 Å². The second-order valence-corrected chi connectivity index (χ2v) is 11.6. The Morgan fingerprint density at radius 1 is 1.05 bits per heavy atom. The fourth-order valence-electron chi connectivity index (χ4n) is 4.43. The maximum Gasteiger partial charge on any atom is 0.407 e. The molecule has 0 atom stereocenters. The van der Waals surface area contributed by atoms with E-state index in [1.807, 2.05) is 58.9 Å². The largest absolute Gasteiger partial charge is 0.471 e. The molecule has 3 aromatic rings. The van der Waals surface area contributed by atoms with Gasteiger partial charge in [-0.2, -0.15) is 0 Å². The van der Waals surface area contributed by atoms with E-state index in [9.17, 15) is 14.4 Å². The Morgan fingerprint density at radius 3 is 2.29 bits per heavy atom. The van der Waals surface area contributed by atoms with Gasteiger partial charge in [0.1, 0.15) is 17.8 Å². The number of hydrogen-bond donors (Lipinski definition) is 1. The van der Waals surface area contributed by atoms with Crippen molar-refractivity contribution in [3.8, 4) is 17.0 Å². The highest BCUT2D eigenvalue weighted by molar-refractivity contribution is 5.92. The average molecular weight is 579 g/mol. The quantitative estimate of drug-likeness (QED) is 0.282. The summed E-state index contributed by atoms with van der Waals surface area (Å²) in [6.07, 6.45) is 1.48. The first kappa shape index (κ1) is 32.3. The van der Waals surface area contributed by atoms with E-state index in [0.717, 1.165) is 43.9 Å². The predicted octanol–water partition coefficient (Wildman–Crippen LogP) is 6.20. The van der Waals surface area contributed by atoms with Gasteiger partial charge in [0, 0.05) is 36.0 Å². The van der Waals surface area contributed by atoms with E-state index in [-0.39, 0.29) is 37.1 Å². The number of benzene rings is 1. The van der Waals surface area contributed by atoms with Crippen LogP contribution in [-0.4, -0.2) is 44.9 Å². The van der Waals surface area contributed by atoms with Crippen molar-refractivity contribution in [2.75, 3.05) is 6.61 Å². The van der Waals surface area contributed by atoms with Crippen molar-refractivity contribution >= 4 is 18.0 Å². The number of aromatic nitrogens is 3. The molecule has 0 aliphatic carbocycles. The average Bonchev–Trinajstić information content (AvgIpc) is 3.31. The Balaban J connectivity index is 2.14. The molecule has 0 aliphatic rings. The van der Waals surface area contributed by atoms with Gasteiger partial charge in [-0.1, -0.05) is 43.7 Å². The van der Waals surface area contributed by atoms with Crippen molar-refractivity contribution in [1.29, 1.82) is 0 Å². The van der Waals surface area contributed by atoms with Crippen LogP contribution in [0.1, 0.15) is 91.7 Å². The molecule has 0 saturated heterocycles. The second-order valence-electron chi connectivity index (χ2n) is 11.6. The number of ether oxygens (including phenoxy) is 3. The number of nitrogens with one attached hydrogen (secondary N) is 1. The van der Waals surface area contributed by atoms with Gasteiger partial charge in [0.15, 0.2) is 0 Å². The van der Waals surface area contributed by atoms with Crippen LogP contribution in [0.4, 0.5) is 4.79 Å². The zero-order chi connectivity index (χ0) is 31.2. The number of esters is 1. The van der Waals surface area contributed by atoms with Crippen molar-refractivity contribution in [2.24, 2.45) is 5.92 Å². The number of pyridine rings is 1. The van der Waals surface area contributed by atoms with Gasteiger partial charge in [-0.15, -0.1) is 5.10 Å². The fraction of sp³-hybridized carbons (Fsp3) is 0.469. The zero-order valence-corrected chi connectivity index (χ0v) is 26.1. The number of amides is 1. The maximum atomic E-state index is 12.7. The van der Waals surface area contributed by atoms with E-state index in [1.54, 1.807) is 6.92 Å². The SMILES string of the molecule is CCOC(=O)c1cn(C(C)=O)nc1OCc1c(C)nc(CC(C)C)c(CNC(=O)OC(C)(C)C)c1-c1ccc(C)cc1. The Morgan fingerprint density at radius 2 is 1.71 bits per heavy atom. The van der Waals surface area contributed by atoms with Crippen LogP contribution in [0.2, 0.25) is 0 Å². The summed E-state index contributed by atoms with van der Waals surface area (Å²) in [7, 11) is 0. The molecule has 0 bridgehead atoms. The lowest BCUT2D eigenvalue weighted by atomic mass is 9.90. The molecule has 226 valence electrons. The number of aryl methyl sites for hydroxylation is 2.